The van der Waals surface area contributed by atoms with E-state index >= 15 is 0 Å². The number of pyridine rings is 2. The molecule has 0 atom stereocenters. The highest BCUT2D eigenvalue weighted by Gasteiger charge is 2.43. The molecule has 5 N–H and O–H groups in total. The molecule has 6 aliphatic rings. The molecule has 308 valence electrons. The maximum atomic E-state index is 12.6. The molecule has 1 aromatic carbocycles. The van der Waals surface area contributed by atoms with Gasteiger partial charge in [0.1, 0.15) is 11.6 Å². The number of azo groups is 1. The number of nitrogens with zero attached hydrogens (tertiary/aromatic N) is 13. The number of aromatic amines is 1. The zero-order chi connectivity index (χ0) is 36.8. The first-order valence-corrected chi connectivity index (χ1v) is 18.3. The Balaban J connectivity index is 0.000000207. The summed E-state index contributed by atoms with van der Waals surface area (Å²) in [5, 5.41) is 40.6. The number of aromatic hydroxyl groups is 2. The van der Waals surface area contributed by atoms with Crippen LogP contribution in [-0.4, -0.2) is 139 Å². The predicted octanol–water partition coefficient (Wildman–Crippen LogP) is 3.46. The molecule has 3 aromatic heterocycles. The lowest BCUT2D eigenvalue weighted by atomic mass is 10.0. The Morgan fingerprint density at radius 2 is 1.40 bits per heavy atom. The average molecular weight is 799 g/mol. The summed E-state index contributed by atoms with van der Waals surface area (Å²) >= 11 is 0. The van der Waals surface area contributed by atoms with Crippen molar-refractivity contribution in [1.82, 2.24) is 30.1 Å². The van der Waals surface area contributed by atoms with Gasteiger partial charge < -0.3 is 40.8 Å². The minimum Gasteiger partial charge on any atom is -0.870 e. The van der Waals surface area contributed by atoms with E-state index in [1.165, 1.54) is 10.9 Å². The van der Waals surface area contributed by atoms with Gasteiger partial charge in [-0.05, 0) is 37.1 Å². The highest BCUT2D eigenvalue weighted by atomic mass is 16.3. The summed E-state index contributed by atoms with van der Waals surface area (Å²) in [5.41, 5.74) is 2.29. The van der Waals surface area contributed by atoms with Crippen LogP contribution in [0.4, 0.5) is 28.7 Å². The van der Waals surface area contributed by atoms with Crippen molar-refractivity contribution in [3.63, 3.8) is 0 Å². The summed E-state index contributed by atoms with van der Waals surface area (Å²) in [5.74, 6) is 1.71. The Bertz CT molecular complexity index is 2170. The highest BCUT2D eigenvalue weighted by molar-refractivity contribution is 6.22. The Labute approximate surface area is 335 Å². The number of piperazine rings is 1. The number of hydrogen-bond donors (Lipinski definition) is 3. The largest absolute Gasteiger partial charge is 0.870 e. The van der Waals surface area contributed by atoms with Crippen LogP contribution in [-0.2, 0) is 6.67 Å². The number of carbonyl (C=O) groups is 2. The van der Waals surface area contributed by atoms with Gasteiger partial charge in [-0.3, -0.25) is 14.5 Å². The number of carbonyl (C=O) groups excluding carboxylic acids is 2. The van der Waals surface area contributed by atoms with Crippen LogP contribution < -0.4 is 19.4 Å². The summed E-state index contributed by atoms with van der Waals surface area (Å²) in [4.78, 5) is 45.8. The fourth-order valence-electron chi connectivity index (χ4n) is 7.18. The molecule has 10 rings (SSSR count). The molecule has 8 heterocycles. The van der Waals surface area contributed by atoms with E-state index in [4.69, 9.17) is 0 Å². The van der Waals surface area contributed by atoms with Crippen molar-refractivity contribution < 1.29 is 40.2 Å². The zero-order valence-corrected chi connectivity index (χ0v) is 30.5. The average Bonchev–Trinajstić information content (AvgIpc) is 4.15. The quantitative estimate of drug-likeness (QED) is 0.138. The van der Waals surface area contributed by atoms with E-state index < -0.39 is 0 Å². The molecule has 0 amide bonds. The molecule has 20 heteroatoms. The van der Waals surface area contributed by atoms with E-state index in [2.05, 4.69) is 50.4 Å². The van der Waals surface area contributed by atoms with E-state index in [1.807, 2.05) is 46.2 Å². The van der Waals surface area contributed by atoms with Crippen LogP contribution in [0.25, 0.3) is 0 Å². The van der Waals surface area contributed by atoms with Crippen LogP contribution in [0.5, 0.6) is 11.5 Å². The third kappa shape index (κ3) is 8.48. The SMILES string of the molecule is C.C.O=C1C(N2CC2)=CC(=O)c2c1n[nH][n+]2CN1CCN(c2ccccn2)CC1.Oc1cc(N2CC2)c(O)c2c1[N+](=NC1CCN(c3ccccn3)CC1)N=N2.[OH-].[OH-]. The fourth-order valence-corrected chi connectivity index (χ4v) is 7.18. The number of fused-ring (bicyclic) bond motifs is 2. The van der Waals surface area contributed by atoms with Crippen molar-refractivity contribution in [3.8, 4) is 11.5 Å². The van der Waals surface area contributed by atoms with Crippen LogP contribution in [0.3, 0.4) is 0 Å². The Kier molecular flexibility index (Phi) is 13.1. The number of ketones is 2. The summed E-state index contributed by atoms with van der Waals surface area (Å²) < 4.78 is 1.68. The predicted molar refractivity (Wildman–Crippen MR) is 211 cm³/mol. The second-order valence-corrected chi connectivity index (χ2v) is 13.9. The normalized spacial score (nSPS) is 18.8. The maximum Gasteiger partial charge on any atom is 0.302 e. The van der Waals surface area contributed by atoms with Gasteiger partial charge in [0.25, 0.3) is 17.2 Å². The minimum absolute atomic E-state index is 0. The number of phenolic OH excluding ortho intramolecular Hbond substituents is 2. The van der Waals surface area contributed by atoms with Crippen LogP contribution in [0.2, 0.25) is 0 Å². The second kappa shape index (κ2) is 17.8. The number of nitrogens with one attached hydrogen (secondary N) is 1. The van der Waals surface area contributed by atoms with Crippen LogP contribution in [0.15, 0.2) is 82.1 Å². The monoisotopic (exact) mass is 798 g/mol. The molecule has 20 nitrogen and oxygen atoms in total. The summed E-state index contributed by atoms with van der Waals surface area (Å²) in [6.07, 6.45) is 6.77. The van der Waals surface area contributed by atoms with E-state index in [-0.39, 0.29) is 66.3 Å². The number of benzene rings is 1. The van der Waals surface area contributed by atoms with Gasteiger partial charge in [0.15, 0.2) is 23.4 Å². The standard InChI is InChI=1S/2C18H19N7O2.2CH4.2H2O/c26-14-11-13(23-9-10-23)18(27)16-17(14)25(22-20-16)21-12-4-7-24(8-5-12)15-3-1-2-6-19-15;26-14-11-13(23-9-10-23)18(27)16-17(14)25(21-20-16)12-22-5-7-24(8-6-22)15-3-1-2-4-19-15;;;;/h1-3,6,11-12,21H,4-5,7-10H2;1-4,11H,5-10,12H2;2*1H4;2*1H2. The van der Waals surface area contributed by atoms with Crippen molar-refractivity contribution in [2.24, 2.45) is 15.5 Å². The number of phenols is 2. The third-order valence-corrected chi connectivity index (χ3v) is 10.3. The van der Waals surface area contributed by atoms with Crippen molar-refractivity contribution in [1.29, 1.82) is 0 Å². The number of piperidine rings is 1. The first kappa shape index (κ1) is 42.8. The fraction of sp³-hybridized carbons (Fsp3) is 0.421. The van der Waals surface area contributed by atoms with E-state index in [9.17, 15) is 19.8 Å². The van der Waals surface area contributed by atoms with Gasteiger partial charge in [0.05, 0.1) is 27.6 Å². The molecule has 0 saturated carbocycles. The summed E-state index contributed by atoms with van der Waals surface area (Å²) in [6, 6.07) is 13.5. The highest BCUT2D eigenvalue weighted by Crippen LogP contribution is 2.53. The number of Topliss-reactive ketones (excluding diaryl/α,β-unsaturated/α-hetero) is 1. The molecule has 4 aromatic rings. The number of H-pyrrole nitrogens is 1. The first-order valence-electron chi connectivity index (χ1n) is 18.3. The van der Waals surface area contributed by atoms with Crippen molar-refractivity contribution in [3.05, 3.63) is 78.0 Å². The van der Waals surface area contributed by atoms with Crippen LogP contribution in [0, 0.1) is 0 Å². The molecule has 0 bridgehead atoms. The topological polar surface area (TPSA) is 249 Å². The molecular weight excluding hydrogens is 749 g/mol. The molecule has 58 heavy (non-hydrogen) atoms. The third-order valence-electron chi connectivity index (χ3n) is 10.3. The van der Waals surface area contributed by atoms with Crippen molar-refractivity contribution in [2.45, 2.75) is 40.4 Å². The maximum absolute atomic E-state index is 12.6. The summed E-state index contributed by atoms with van der Waals surface area (Å²) in [7, 11) is 0. The lowest BCUT2D eigenvalue weighted by Crippen LogP contribution is -2.55. The van der Waals surface area contributed by atoms with Gasteiger partial charge in [-0.15, -0.1) is 4.68 Å². The van der Waals surface area contributed by atoms with Gasteiger partial charge in [-0.1, -0.05) is 37.3 Å². The van der Waals surface area contributed by atoms with Gasteiger partial charge in [-0.25, -0.2) is 9.97 Å². The Morgan fingerprint density at radius 3 is 1.98 bits per heavy atom. The Morgan fingerprint density at radius 1 is 0.793 bits per heavy atom. The zero-order valence-electron chi connectivity index (χ0n) is 30.5. The number of hydrogen-bond acceptors (Lipinski definition) is 16. The van der Waals surface area contributed by atoms with Gasteiger partial charge >= 0.3 is 11.4 Å². The van der Waals surface area contributed by atoms with Gasteiger partial charge in [0, 0.05) is 94.8 Å². The lowest BCUT2D eigenvalue weighted by molar-refractivity contribution is -0.771. The number of aromatic nitrogens is 5. The molecule has 5 aliphatic heterocycles. The van der Waals surface area contributed by atoms with Crippen molar-refractivity contribution >= 4 is 40.3 Å². The smallest absolute Gasteiger partial charge is 0.302 e. The number of allylic oxidation sites excluding steroid dienone is 2. The Hall–Kier alpha value is -6.38. The van der Waals surface area contributed by atoms with E-state index in [0.717, 1.165) is 89.9 Å². The van der Waals surface area contributed by atoms with Crippen LogP contribution in [0.1, 0.15) is 48.7 Å². The van der Waals surface area contributed by atoms with E-state index in [0.29, 0.717) is 29.4 Å². The number of anilines is 3. The second-order valence-electron chi connectivity index (χ2n) is 13.9. The van der Waals surface area contributed by atoms with Crippen LogP contribution >= 0.6 is 0 Å². The van der Waals surface area contributed by atoms with Gasteiger partial charge in [-0.2, -0.15) is 0 Å². The molecule has 4 fully saturated rings. The lowest BCUT2D eigenvalue weighted by Gasteiger charge is -2.34. The molecule has 0 radical (unpaired) electrons. The molecule has 1 aliphatic carbocycles. The van der Waals surface area contributed by atoms with E-state index in [1.54, 1.807) is 23.1 Å². The molecule has 4 saturated heterocycles. The van der Waals surface area contributed by atoms with Crippen molar-refractivity contribution in [2.75, 3.05) is 80.1 Å². The number of rotatable bonds is 7. The minimum atomic E-state index is -0.169. The first-order chi connectivity index (χ1) is 26.4. The van der Waals surface area contributed by atoms with Gasteiger partial charge in [0.2, 0.25) is 5.78 Å². The molecule has 0 spiro atoms. The molecule has 0 unspecified atom stereocenters. The molecular formula is C38H50N14O6. The summed E-state index contributed by atoms with van der Waals surface area (Å²) in [6.45, 7) is 9.00.